The average molecular weight is 346 g/mol. The average Bonchev–Trinajstić information content (AvgIpc) is 2.14. The van der Waals surface area contributed by atoms with Crippen LogP contribution < -0.4 is 10.5 Å². The second-order valence-electron chi connectivity index (χ2n) is 2.68. The van der Waals surface area contributed by atoms with E-state index < -0.39 is 12.1 Å². The maximum atomic E-state index is 12.1. The minimum absolute atomic E-state index is 0.0623. The Morgan fingerprint density at radius 3 is 2.62 bits per heavy atom. The lowest BCUT2D eigenvalue weighted by molar-refractivity contribution is -0.274. The Morgan fingerprint density at radius 1 is 1.56 bits per heavy atom. The summed E-state index contributed by atoms with van der Waals surface area (Å²) in [6, 6.07) is 1.07. The molecule has 1 aromatic rings. The van der Waals surface area contributed by atoms with Crippen LogP contribution in [0.3, 0.4) is 0 Å². The molecule has 4 nitrogen and oxygen atoms in total. The highest BCUT2D eigenvalue weighted by Crippen LogP contribution is 2.28. The van der Waals surface area contributed by atoms with Crippen molar-refractivity contribution in [1.82, 2.24) is 4.98 Å². The number of nitrogens with two attached hydrogens (primary N) is 1. The van der Waals surface area contributed by atoms with Crippen LogP contribution in [0.15, 0.2) is 6.07 Å². The molecule has 0 unspecified atom stereocenters. The van der Waals surface area contributed by atoms with E-state index in [0.717, 1.165) is 6.07 Å². The van der Waals surface area contributed by atoms with E-state index in [-0.39, 0.29) is 21.5 Å². The second-order valence-corrected chi connectivity index (χ2v) is 3.78. The first-order chi connectivity index (χ1) is 7.37. The Labute approximate surface area is 102 Å². The molecule has 0 aliphatic rings. The van der Waals surface area contributed by atoms with Crippen molar-refractivity contribution < 1.29 is 22.7 Å². The monoisotopic (exact) mass is 346 g/mol. The third kappa shape index (κ3) is 3.30. The summed E-state index contributed by atoms with van der Waals surface area (Å²) in [7, 11) is 0. The van der Waals surface area contributed by atoms with Gasteiger partial charge in [-0.1, -0.05) is 0 Å². The summed E-state index contributed by atoms with van der Waals surface area (Å²) in [4.78, 5) is 14.3. The lowest BCUT2D eigenvalue weighted by Gasteiger charge is -2.13. The molecule has 1 heterocycles. The number of hydrogen-bond acceptors (Lipinski definition) is 4. The molecule has 16 heavy (non-hydrogen) atoms. The van der Waals surface area contributed by atoms with Crippen LogP contribution in [0.1, 0.15) is 16.1 Å². The minimum Gasteiger partial charge on any atom is -0.405 e. The first-order valence-electron chi connectivity index (χ1n) is 3.97. The number of carbonyl (C=O) groups excluding carboxylic acids is 1. The van der Waals surface area contributed by atoms with Crippen molar-refractivity contribution in [3.63, 3.8) is 0 Å². The van der Waals surface area contributed by atoms with E-state index in [2.05, 4.69) is 9.72 Å². The van der Waals surface area contributed by atoms with Crippen molar-refractivity contribution in [1.29, 1.82) is 0 Å². The second kappa shape index (κ2) is 4.95. The van der Waals surface area contributed by atoms with E-state index in [1.165, 1.54) is 0 Å². The third-order valence-electron chi connectivity index (χ3n) is 1.63. The molecular weight excluding hydrogens is 340 g/mol. The van der Waals surface area contributed by atoms with Crippen LogP contribution >= 0.6 is 22.6 Å². The molecule has 1 rings (SSSR count). The van der Waals surface area contributed by atoms with E-state index in [4.69, 9.17) is 5.73 Å². The molecule has 0 spiro atoms. The highest BCUT2D eigenvalue weighted by Gasteiger charge is 2.32. The van der Waals surface area contributed by atoms with E-state index >= 15 is 0 Å². The van der Waals surface area contributed by atoms with Crippen LogP contribution in [0, 0.1) is 3.70 Å². The van der Waals surface area contributed by atoms with Crippen molar-refractivity contribution in [2.75, 3.05) is 0 Å². The van der Waals surface area contributed by atoms with Crippen LogP contribution in [-0.2, 0) is 6.54 Å². The summed E-state index contributed by atoms with van der Waals surface area (Å²) in [5.74, 6) is -0.489. The normalized spacial score (nSPS) is 11.3. The molecule has 0 bridgehead atoms. The zero-order valence-corrected chi connectivity index (χ0v) is 9.87. The SMILES string of the molecule is NCc1c(OC(F)(F)F)cc(I)nc1C=O. The molecule has 0 amide bonds. The minimum atomic E-state index is -4.82. The fourth-order valence-electron chi connectivity index (χ4n) is 1.05. The maximum Gasteiger partial charge on any atom is 0.573 e. The number of aldehydes is 1. The number of ether oxygens (including phenoxy) is 1. The van der Waals surface area contributed by atoms with Gasteiger partial charge in [0.25, 0.3) is 0 Å². The van der Waals surface area contributed by atoms with Gasteiger partial charge in [-0.05, 0) is 22.6 Å². The largest absolute Gasteiger partial charge is 0.573 e. The van der Waals surface area contributed by atoms with Crippen LogP contribution in [0.5, 0.6) is 5.75 Å². The Kier molecular flexibility index (Phi) is 4.08. The molecule has 2 N–H and O–H groups in total. The van der Waals surface area contributed by atoms with E-state index in [0.29, 0.717) is 6.29 Å². The molecule has 0 saturated carbocycles. The van der Waals surface area contributed by atoms with Gasteiger partial charge in [-0.3, -0.25) is 4.79 Å². The number of halogens is 4. The Balaban J connectivity index is 3.25. The third-order valence-corrected chi connectivity index (χ3v) is 2.18. The van der Waals surface area contributed by atoms with Crippen LogP contribution in [0.4, 0.5) is 13.2 Å². The van der Waals surface area contributed by atoms with Gasteiger partial charge in [-0.25, -0.2) is 4.98 Å². The standard InChI is InChI=1S/C8H6F3IN2O2/c9-8(10,11)16-6-1-7(12)14-5(3-15)4(6)2-13/h1,3H,2,13H2. The Hall–Kier alpha value is -0.900. The van der Waals surface area contributed by atoms with E-state index in [9.17, 15) is 18.0 Å². The summed E-state index contributed by atoms with van der Waals surface area (Å²) >= 11 is 1.68. The molecule has 0 saturated heterocycles. The van der Waals surface area contributed by atoms with Gasteiger partial charge in [-0.15, -0.1) is 13.2 Å². The number of rotatable bonds is 3. The molecule has 0 aliphatic carbocycles. The smallest absolute Gasteiger partial charge is 0.405 e. The van der Waals surface area contributed by atoms with Gasteiger partial charge in [0.05, 0.1) is 0 Å². The molecule has 1 aromatic heterocycles. The van der Waals surface area contributed by atoms with Crippen LogP contribution in [-0.4, -0.2) is 17.6 Å². The molecule has 0 aromatic carbocycles. The zero-order chi connectivity index (χ0) is 12.3. The van der Waals surface area contributed by atoms with Gasteiger partial charge in [0, 0.05) is 18.2 Å². The summed E-state index contributed by atoms with van der Waals surface area (Å²) in [6.07, 6.45) is -4.48. The quantitative estimate of drug-likeness (QED) is 0.516. The number of hydrogen-bond donors (Lipinski definition) is 1. The Morgan fingerprint density at radius 2 is 2.19 bits per heavy atom. The fraction of sp³-hybridized carbons (Fsp3) is 0.250. The number of alkyl halides is 3. The Bertz CT molecular complexity index is 409. The predicted octanol–water partition coefficient (Wildman–Crippen LogP) is 1.86. The summed E-state index contributed by atoms with van der Waals surface area (Å²) in [5.41, 5.74) is 5.04. The number of carbonyl (C=O) groups is 1. The molecular formula is C8H6F3IN2O2. The van der Waals surface area contributed by atoms with Crippen molar-refractivity contribution in [2.24, 2.45) is 5.73 Å². The van der Waals surface area contributed by atoms with E-state index in [1.807, 2.05) is 0 Å². The number of pyridine rings is 1. The molecule has 0 radical (unpaired) electrons. The molecule has 0 aliphatic heterocycles. The van der Waals surface area contributed by atoms with Crippen LogP contribution in [0.2, 0.25) is 0 Å². The molecule has 0 fully saturated rings. The van der Waals surface area contributed by atoms with Gasteiger partial charge in [0.15, 0.2) is 6.29 Å². The van der Waals surface area contributed by atoms with Gasteiger partial charge >= 0.3 is 6.36 Å². The molecule has 0 atom stereocenters. The van der Waals surface area contributed by atoms with Gasteiger partial charge in [0.2, 0.25) is 0 Å². The lowest BCUT2D eigenvalue weighted by atomic mass is 10.2. The highest BCUT2D eigenvalue weighted by atomic mass is 127. The first-order valence-corrected chi connectivity index (χ1v) is 5.05. The molecule has 8 heteroatoms. The zero-order valence-electron chi connectivity index (χ0n) is 7.71. The van der Waals surface area contributed by atoms with Crippen molar-refractivity contribution in [3.05, 3.63) is 21.0 Å². The summed E-state index contributed by atoms with van der Waals surface area (Å²) < 4.78 is 40.1. The van der Waals surface area contributed by atoms with Gasteiger partial charge in [0.1, 0.15) is 15.1 Å². The number of aromatic nitrogens is 1. The highest BCUT2D eigenvalue weighted by molar-refractivity contribution is 14.1. The van der Waals surface area contributed by atoms with Crippen molar-refractivity contribution in [3.8, 4) is 5.75 Å². The lowest BCUT2D eigenvalue weighted by Crippen LogP contribution is -2.20. The fourth-order valence-corrected chi connectivity index (χ4v) is 1.60. The van der Waals surface area contributed by atoms with Crippen molar-refractivity contribution in [2.45, 2.75) is 12.9 Å². The van der Waals surface area contributed by atoms with Crippen molar-refractivity contribution >= 4 is 28.9 Å². The van der Waals surface area contributed by atoms with Gasteiger partial charge in [-0.2, -0.15) is 0 Å². The number of nitrogens with zero attached hydrogens (tertiary/aromatic N) is 1. The first kappa shape index (κ1) is 13.2. The molecule has 88 valence electrons. The maximum absolute atomic E-state index is 12.1. The van der Waals surface area contributed by atoms with Gasteiger partial charge < -0.3 is 10.5 Å². The predicted molar refractivity (Wildman–Crippen MR) is 56.9 cm³/mol. The summed E-state index contributed by atoms with van der Waals surface area (Å²) in [5, 5.41) is 0. The van der Waals surface area contributed by atoms with Crippen LogP contribution in [0.25, 0.3) is 0 Å². The topological polar surface area (TPSA) is 65.2 Å². The van der Waals surface area contributed by atoms with E-state index in [1.54, 1.807) is 22.6 Å². The summed E-state index contributed by atoms with van der Waals surface area (Å²) in [6.45, 7) is -0.261.